The first kappa shape index (κ1) is 26.5. The van der Waals surface area contributed by atoms with Crippen molar-refractivity contribution >= 4 is 62.3 Å². The van der Waals surface area contributed by atoms with Crippen molar-refractivity contribution in [3.63, 3.8) is 0 Å². The fourth-order valence-electron chi connectivity index (χ4n) is 6.30. The Morgan fingerprint density at radius 2 is 1.82 bits per heavy atom. The number of ketones is 4. The van der Waals surface area contributed by atoms with Gasteiger partial charge in [-0.05, 0) is 64.0 Å². The van der Waals surface area contributed by atoms with Crippen LogP contribution >= 0.6 is 27.5 Å². The van der Waals surface area contributed by atoms with Gasteiger partial charge < -0.3 is 20.8 Å². The largest absolute Gasteiger partial charge is 0.507 e. The minimum Gasteiger partial charge on any atom is -0.507 e. The van der Waals surface area contributed by atoms with E-state index < -0.39 is 58.3 Å². The number of rotatable bonds is 3. The fraction of sp³-hybridized carbons (Fsp3) is 0.370. The SMILES string of the molecule is CN(C)c1cc(-c2ccc(Cl)c(Br)c2)c(O)c2c1C[C@H]1C[C@H]3CC(=O)C(C(N)=O)C(=O)[C@@]3(O)C(=O)C1C2=O. The number of benzene rings is 2. The van der Waals surface area contributed by atoms with Gasteiger partial charge in [-0.15, -0.1) is 0 Å². The van der Waals surface area contributed by atoms with Crippen LogP contribution in [0.4, 0.5) is 5.69 Å². The Bertz CT molecular complexity index is 1470. The number of Topliss-reactive ketones (excluding diaryl/α,β-unsaturated/α-hetero) is 4. The third-order valence-electron chi connectivity index (χ3n) is 8.09. The Morgan fingerprint density at radius 1 is 1.13 bits per heavy atom. The molecule has 0 saturated heterocycles. The van der Waals surface area contributed by atoms with E-state index in [1.54, 1.807) is 43.3 Å². The van der Waals surface area contributed by atoms with Crippen molar-refractivity contribution in [1.29, 1.82) is 0 Å². The summed E-state index contributed by atoms with van der Waals surface area (Å²) >= 11 is 9.50. The predicted octanol–water partition coefficient (Wildman–Crippen LogP) is 2.48. The molecule has 2 fully saturated rings. The van der Waals surface area contributed by atoms with Gasteiger partial charge in [-0.1, -0.05) is 17.7 Å². The zero-order valence-electron chi connectivity index (χ0n) is 20.5. The molecule has 0 aliphatic heterocycles. The number of hydrogen-bond acceptors (Lipinski definition) is 8. The first-order valence-electron chi connectivity index (χ1n) is 12.0. The fourth-order valence-corrected chi connectivity index (χ4v) is 6.79. The summed E-state index contributed by atoms with van der Waals surface area (Å²) in [5, 5.41) is 23.2. The lowest BCUT2D eigenvalue weighted by Gasteiger charge is -2.48. The molecule has 0 bridgehead atoms. The maximum absolute atomic E-state index is 14.0. The monoisotopic (exact) mass is 602 g/mol. The highest BCUT2D eigenvalue weighted by Gasteiger charge is 2.66. The number of phenolic OH excluding ortho intramolecular Hbond substituents is 1. The number of primary amides is 1. The van der Waals surface area contributed by atoms with Gasteiger partial charge in [0.25, 0.3) is 0 Å². The molecule has 11 heteroatoms. The number of carbonyl (C=O) groups excluding carboxylic acids is 5. The lowest BCUT2D eigenvalue weighted by molar-refractivity contribution is -0.175. The maximum Gasteiger partial charge on any atom is 0.235 e. The third-order valence-corrected chi connectivity index (χ3v) is 9.31. The molecule has 3 aliphatic rings. The van der Waals surface area contributed by atoms with Crippen molar-refractivity contribution in [3.05, 3.63) is 44.9 Å². The van der Waals surface area contributed by atoms with E-state index in [2.05, 4.69) is 15.9 Å². The van der Waals surface area contributed by atoms with Gasteiger partial charge in [0.2, 0.25) is 5.91 Å². The van der Waals surface area contributed by atoms with Crippen molar-refractivity contribution < 1.29 is 34.2 Å². The van der Waals surface area contributed by atoms with Gasteiger partial charge in [0.15, 0.2) is 34.7 Å². The van der Waals surface area contributed by atoms with Crippen LogP contribution in [0.5, 0.6) is 5.75 Å². The molecule has 9 nitrogen and oxygen atoms in total. The summed E-state index contributed by atoms with van der Waals surface area (Å²) in [5.74, 6) is -10.4. The molecule has 0 aromatic heterocycles. The molecule has 2 aromatic carbocycles. The summed E-state index contributed by atoms with van der Waals surface area (Å²) in [7, 11) is 3.58. The molecule has 2 aromatic rings. The number of aliphatic hydroxyl groups is 1. The van der Waals surface area contributed by atoms with Crippen LogP contribution < -0.4 is 10.6 Å². The Morgan fingerprint density at radius 3 is 2.42 bits per heavy atom. The quantitative estimate of drug-likeness (QED) is 0.452. The zero-order valence-corrected chi connectivity index (χ0v) is 22.8. The number of anilines is 1. The molecular formula is C27H24BrClN2O7. The average molecular weight is 604 g/mol. The molecule has 0 heterocycles. The molecule has 2 unspecified atom stereocenters. The van der Waals surface area contributed by atoms with E-state index in [1.807, 2.05) is 0 Å². The Kier molecular flexibility index (Phi) is 6.28. The van der Waals surface area contributed by atoms with E-state index in [0.29, 0.717) is 31.9 Å². The second-order valence-electron chi connectivity index (χ2n) is 10.4. The molecule has 2 saturated carbocycles. The van der Waals surface area contributed by atoms with Crippen LogP contribution in [0.15, 0.2) is 28.7 Å². The van der Waals surface area contributed by atoms with Gasteiger partial charge in [-0.3, -0.25) is 24.0 Å². The highest BCUT2D eigenvalue weighted by Crippen LogP contribution is 2.52. The van der Waals surface area contributed by atoms with E-state index in [4.69, 9.17) is 17.3 Å². The van der Waals surface area contributed by atoms with E-state index >= 15 is 0 Å². The number of hydrogen-bond donors (Lipinski definition) is 3. The van der Waals surface area contributed by atoms with Crippen LogP contribution in [0, 0.1) is 23.7 Å². The number of phenols is 1. The number of halogens is 2. The minimum absolute atomic E-state index is 0.0422. The van der Waals surface area contributed by atoms with Crippen LogP contribution in [0.1, 0.15) is 28.8 Å². The third kappa shape index (κ3) is 3.65. The summed E-state index contributed by atoms with van der Waals surface area (Å²) in [6, 6.07) is 6.77. The predicted molar refractivity (Wildman–Crippen MR) is 141 cm³/mol. The van der Waals surface area contributed by atoms with Crippen LogP contribution in [0.25, 0.3) is 11.1 Å². The molecule has 5 atom stereocenters. The Labute approximate surface area is 231 Å². The lowest BCUT2D eigenvalue weighted by atomic mass is 9.53. The maximum atomic E-state index is 14.0. The van der Waals surface area contributed by atoms with Gasteiger partial charge in [0.1, 0.15) is 5.75 Å². The Hall–Kier alpha value is -3.08. The number of amides is 1. The molecule has 4 N–H and O–H groups in total. The summed E-state index contributed by atoms with van der Waals surface area (Å²) in [6.07, 6.45) is -0.125. The molecule has 0 radical (unpaired) electrons. The van der Waals surface area contributed by atoms with Crippen molar-refractivity contribution in [2.45, 2.75) is 24.9 Å². The Balaban J connectivity index is 1.66. The average Bonchev–Trinajstić information content (AvgIpc) is 2.83. The zero-order chi connectivity index (χ0) is 27.8. The van der Waals surface area contributed by atoms with Gasteiger partial charge in [-0.25, -0.2) is 0 Å². The first-order chi connectivity index (χ1) is 17.8. The summed E-state index contributed by atoms with van der Waals surface area (Å²) < 4.78 is 0.580. The van der Waals surface area contributed by atoms with Gasteiger partial charge >= 0.3 is 0 Å². The standard InChI is InChI=1S/C27H24BrClN2O7/c1-31(2)17-9-13(10-3-4-16(29)15(28)7-10)22(33)20-14(17)6-11-5-12-8-18(32)21(26(30)37)25(36)27(12,38)24(35)19(11)23(20)34/h3-4,7,9,11-12,19,21,33,38H,5-6,8H2,1-2H3,(H2,30,37)/t11-,12+,19?,21?,27+/m1/s1. The molecule has 0 spiro atoms. The van der Waals surface area contributed by atoms with E-state index in [1.165, 1.54) is 0 Å². The summed E-state index contributed by atoms with van der Waals surface area (Å²) in [5.41, 5.74) is 4.60. The van der Waals surface area contributed by atoms with Crippen LogP contribution in [0.2, 0.25) is 5.02 Å². The smallest absolute Gasteiger partial charge is 0.235 e. The van der Waals surface area contributed by atoms with Crippen molar-refractivity contribution in [2.75, 3.05) is 19.0 Å². The molecule has 1 amide bonds. The van der Waals surface area contributed by atoms with Gasteiger partial charge in [0.05, 0.1) is 16.5 Å². The number of aromatic hydroxyl groups is 1. The number of nitrogens with zero attached hydrogens (tertiary/aromatic N) is 1. The van der Waals surface area contributed by atoms with Crippen LogP contribution in [-0.2, 0) is 25.6 Å². The van der Waals surface area contributed by atoms with E-state index in [9.17, 15) is 34.2 Å². The second kappa shape index (κ2) is 9.00. The second-order valence-corrected chi connectivity index (χ2v) is 11.7. The number of carbonyl (C=O) groups is 5. The number of nitrogens with two attached hydrogens (primary N) is 1. The highest BCUT2D eigenvalue weighted by molar-refractivity contribution is 9.10. The minimum atomic E-state index is -2.68. The first-order valence-corrected chi connectivity index (χ1v) is 13.1. The molecule has 38 heavy (non-hydrogen) atoms. The summed E-state index contributed by atoms with van der Waals surface area (Å²) in [4.78, 5) is 66.9. The molecule has 5 rings (SSSR count). The molecule has 3 aliphatic carbocycles. The number of fused-ring (bicyclic) bond motifs is 3. The summed E-state index contributed by atoms with van der Waals surface area (Å²) in [6.45, 7) is 0. The normalized spacial score (nSPS) is 28.4. The van der Waals surface area contributed by atoms with Crippen LogP contribution in [-0.4, -0.2) is 58.9 Å². The van der Waals surface area contributed by atoms with E-state index in [0.717, 1.165) is 0 Å². The van der Waals surface area contributed by atoms with Gasteiger partial charge in [-0.2, -0.15) is 0 Å². The lowest BCUT2D eigenvalue weighted by Crippen LogP contribution is -2.68. The highest BCUT2D eigenvalue weighted by atomic mass is 79.9. The van der Waals surface area contributed by atoms with Gasteiger partial charge in [0, 0.05) is 42.2 Å². The van der Waals surface area contributed by atoms with Crippen molar-refractivity contribution in [1.82, 2.24) is 0 Å². The molecule has 198 valence electrons. The van der Waals surface area contributed by atoms with Crippen LogP contribution in [0.3, 0.4) is 0 Å². The van der Waals surface area contributed by atoms with E-state index in [-0.39, 0.29) is 30.6 Å². The topological polar surface area (TPSA) is 155 Å². The van der Waals surface area contributed by atoms with Crippen molar-refractivity contribution in [2.24, 2.45) is 29.4 Å². The van der Waals surface area contributed by atoms with Crippen molar-refractivity contribution in [3.8, 4) is 16.9 Å². The molecular weight excluding hydrogens is 580 g/mol.